The summed E-state index contributed by atoms with van der Waals surface area (Å²) in [5.41, 5.74) is 4.42. The van der Waals surface area contributed by atoms with Crippen LogP contribution in [0.15, 0.2) is 29.5 Å². The van der Waals surface area contributed by atoms with Gasteiger partial charge in [-0.15, -0.1) is 11.3 Å². The third-order valence-electron chi connectivity index (χ3n) is 7.22. The third-order valence-corrected chi connectivity index (χ3v) is 8.35. The maximum atomic E-state index is 13.1. The first-order valence-corrected chi connectivity index (χ1v) is 12.8. The standard InChI is InChI=1S/C24H24N8O2S/c1-13-4-2-6-30(13)12-19(33)27-14-8-16-21(25-9-14)22-20(23(34)28-16)24-32(29-22)11-18(35-24)15-10-26-31-7-3-5-17(15)31/h8-11,13H,2-7,12H2,1H3,(H,27,33)(H,28,34)/t13-/m0/s1. The van der Waals surface area contributed by atoms with E-state index >= 15 is 0 Å². The quantitative estimate of drug-likeness (QED) is 0.402. The number of aromatic nitrogens is 6. The van der Waals surface area contributed by atoms with Crippen LogP contribution in [0.5, 0.6) is 0 Å². The number of nitrogens with zero attached hydrogens (tertiary/aromatic N) is 6. The van der Waals surface area contributed by atoms with Crippen LogP contribution in [0.3, 0.4) is 0 Å². The van der Waals surface area contributed by atoms with Gasteiger partial charge >= 0.3 is 0 Å². The van der Waals surface area contributed by atoms with E-state index < -0.39 is 0 Å². The number of likely N-dealkylation sites (tertiary alicyclic amines) is 1. The van der Waals surface area contributed by atoms with Gasteiger partial charge in [0.2, 0.25) is 5.91 Å². The van der Waals surface area contributed by atoms with Gasteiger partial charge in [0.25, 0.3) is 5.56 Å². The van der Waals surface area contributed by atoms with Crippen molar-refractivity contribution in [2.45, 2.75) is 45.2 Å². The maximum Gasteiger partial charge on any atom is 0.261 e. The molecule has 0 unspecified atom stereocenters. The first-order chi connectivity index (χ1) is 17.0. The minimum absolute atomic E-state index is 0.0787. The highest BCUT2D eigenvalue weighted by Gasteiger charge is 2.24. The number of aromatic amines is 1. The summed E-state index contributed by atoms with van der Waals surface area (Å²) in [6.07, 6.45) is 9.87. The Morgan fingerprint density at radius 3 is 3.03 bits per heavy atom. The number of aryl methyl sites for hydroxylation is 1. The summed E-state index contributed by atoms with van der Waals surface area (Å²) in [6.45, 7) is 4.40. The number of carbonyl (C=O) groups is 1. The molecule has 7 rings (SSSR count). The summed E-state index contributed by atoms with van der Waals surface area (Å²) < 4.78 is 3.83. The number of pyridine rings is 2. The lowest BCUT2D eigenvalue weighted by atomic mass is 10.2. The van der Waals surface area contributed by atoms with Gasteiger partial charge in [0.15, 0.2) is 0 Å². The Labute approximate surface area is 203 Å². The van der Waals surface area contributed by atoms with Crippen LogP contribution in [-0.4, -0.2) is 59.3 Å². The highest BCUT2D eigenvalue weighted by atomic mass is 32.1. The van der Waals surface area contributed by atoms with Crippen molar-refractivity contribution in [3.8, 4) is 10.4 Å². The topological polar surface area (TPSA) is 113 Å². The first-order valence-electron chi connectivity index (χ1n) is 12.0. The first kappa shape index (κ1) is 20.8. The Morgan fingerprint density at radius 2 is 2.17 bits per heavy atom. The number of thiazole rings is 1. The van der Waals surface area contributed by atoms with Gasteiger partial charge in [-0.25, -0.2) is 4.52 Å². The Balaban J connectivity index is 1.24. The molecule has 1 amide bonds. The molecule has 1 saturated heterocycles. The van der Waals surface area contributed by atoms with Gasteiger partial charge in [0.1, 0.15) is 21.3 Å². The summed E-state index contributed by atoms with van der Waals surface area (Å²) in [4.78, 5) is 37.2. The van der Waals surface area contributed by atoms with Crippen LogP contribution < -0.4 is 10.9 Å². The number of anilines is 1. The van der Waals surface area contributed by atoms with Gasteiger partial charge in [-0.05, 0) is 45.2 Å². The fraction of sp³-hybridized carbons (Fsp3) is 0.375. The summed E-state index contributed by atoms with van der Waals surface area (Å²) in [6, 6.07) is 2.18. The van der Waals surface area contributed by atoms with E-state index in [-0.39, 0.29) is 11.5 Å². The Morgan fingerprint density at radius 1 is 1.26 bits per heavy atom. The second-order valence-electron chi connectivity index (χ2n) is 9.48. The molecule has 0 bridgehead atoms. The average molecular weight is 489 g/mol. The lowest BCUT2D eigenvalue weighted by Gasteiger charge is -2.20. The minimum Gasteiger partial charge on any atom is -0.324 e. The van der Waals surface area contributed by atoms with Crippen molar-refractivity contribution in [2.24, 2.45) is 0 Å². The molecule has 2 aliphatic heterocycles. The predicted molar refractivity (Wildman–Crippen MR) is 135 cm³/mol. The van der Waals surface area contributed by atoms with Crippen molar-refractivity contribution in [3.05, 3.63) is 40.7 Å². The average Bonchev–Trinajstić information content (AvgIpc) is 3.61. The SMILES string of the molecule is C[C@H]1CCCN1CC(=O)Nc1cnc2c(c1)[nH]c(=O)c1c2nn2cc(-c3cnn4c3CCC4)sc12. The number of hydrogen-bond acceptors (Lipinski definition) is 7. The van der Waals surface area contributed by atoms with Crippen molar-refractivity contribution in [3.63, 3.8) is 0 Å². The van der Waals surface area contributed by atoms with Crippen molar-refractivity contribution >= 4 is 49.7 Å². The molecule has 2 aliphatic rings. The molecule has 1 fully saturated rings. The molecule has 5 aromatic rings. The Kier molecular flexibility index (Phi) is 4.58. The number of nitrogens with one attached hydrogen (secondary N) is 2. The van der Waals surface area contributed by atoms with Gasteiger partial charge in [0.05, 0.1) is 35.0 Å². The van der Waals surface area contributed by atoms with Crippen LogP contribution in [-0.2, 0) is 17.8 Å². The minimum atomic E-state index is -0.215. The molecule has 0 saturated carbocycles. The highest BCUT2D eigenvalue weighted by Crippen LogP contribution is 2.36. The molecule has 7 heterocycles. The van der Waals surface area contributed by atoms with Crippen molar-refractivity contribution in [1.82, 2.24) is 34.3 Å². The fourth-order valence-corrected chi connectivity index (χ4v) is 6.54. The normalized spacial score (nSPS) is 18.3. The van der Waals surface area contributed by atoms with Crippen molar-refractivity contribution in [1.29, 1.82) is 0 Å². The molecule has 0 spiro atoms. The van der Waals surface area contributed by atoms with Gasteiger partial charge in [0, 0.05) is 30.0 Å². The van der Waals surface area contributed by atoms with Crippen LogP contribution in [0.1, 0.15) is 31.9 Å². The zero-order chi connectivity index (χ0) is 23.7. The summed E-state index contributed by atoms with van der Waals surface area (Å²) >= 11 is 1.54. The molecule has 35 heavy (non-hydrogen) atoms. The Hall–Kier alpha value is -3.57. The summed E-state index contributed by atoms with van der Waals surface area (Å²) in [5.74, 6) is -0.0787. The molecule has 11 heteroatoms. The molecule has 2 N–H and O–H groups in total. The Bertz CT molecular complexity index is 1690. The largest absolute Gasteiger partial charge is 0.324 e. The molecule has 1 atom stereocenters. The molecular weight excluding hydrogens is 464 g/mol. The van der Waals surface area contributed by atoms with Crippen molar-refractivity contribution < 1.29 is 4.79 Å². The molecule has 10 nitrogen and oxygen atoms in total. The second-order valence-corrected chi connectivity index (χ2v) is 10.5. The zero-order valence-electron chi connectivity index (χ0n) is 19.2. The number of carbonyl (C=O) groups excluding carboxylic acids is 1. The molecule has 178 valence electrons. The van der Waals surface area contributed by atoms with E-state index in [1.165, 1.54) is 5.69 Å². The number of fused-ring (bicyclic) bond motifs is 6. The molecule has 0 aromatic carbocycles. The summed E-state index contributed by atoms with van der Waals surface area (Å²) in [5, 5.41) is 12.7. The number of H-pyrrole nitrogens is 1. The van der Waals surface area contributed by atoms with E-state index in [1.54, 1.807) is 28.1 Å². The summed E-state index contributed by atoms with van der Waals surface area (Å²) in [7, 11) is 0. The number of amides is 1. The van der Waals surface area contributed by atoms with E-state index in [9.17, 15) is 9.59 Å². The lowest BCUT2D eigenvalue weighted by Crippen LogP contribution is -2.35. The monoisotopic (exact) mass is 488 g/mol. The van der Waals surface area contributed by atoms with Gasteiger partial charge < -0.3 is 10.3 Å². The third kappa shape index (κ3) is 3.29. The van der Waals surface area contributed by atoms with Crippen LogP contribution in [0.25, 0.3) is 37.2 Å². The molecule has 0 aliphatic carbocycles. The fourth-order valence-electron chi connectivity index (χ4n) is 5.42. The predicted octanol–water partition coefficient (Wildman–Crippen LogP) is 3.02. The molecule has 5 aromatic heterocycles. The van der Waals surface area contributed by atoms with E-state index in [4.69, 9.17) is 5.10 Å². The van der Waals surface area contributed by atoms with Crippen molar-refractivity contribution in [2.75, 3.05) is 18.4 Å². The van der Waals surface area contributed by atoms with E-state index in [2.05, 4.69) is 36.9 Å². The smallest absolute Gasteiger partial charge is 0.261 e. The van der Waals surface area contributed by atoms with E-state index in [0.29, 0.717) is 40.2 Å². The number of rotatable bonds is 4. The maximum absolute atomic E-state index is 13.1. The molecule has 0 radical (unpaired) electrons. The van der Waals surface area contributed by atoms with Crippen LogP contribution in [0, 0.1) is 0 Å². The van der Waals surface area contributed by atoms with Gasteiger partial charge in [-0.2, -0.15) is 10.2 Å². The van der Waals surface area contributed by atoms with E-state index in [1.807, 2.05) is 12.4 Å². The van der Waals surface area contributed by atoms with Gasteiger partial charge in [-0.1, -0.05) is 0 Å². The zero-order valence-corrected chi connectivity index (χ0v) is 20.1. The number of hydrogen-bond donors (Lipinski definition) is 2. The van der Waals surface area contributed by atoms with Crippen LogP contribution in [0.4, 0.5) is 5.69 Å². The van der Waals surface area contributed by atoms with E-state index in [0.717, 1.165) is 54.0 Å². The second kappa shape index (κ2) is 7.72. The highest BCUT2D eigenvalue weighted by molar-refractivity contribution is 7.21. The lowest BCUT2D eigenvalue weighted by molar-refractivity contribution is -0.117. The van der Waals surface area contributed by atoms with Crippen LogP contribution in [0.2, 0.25) is 0 Å². The molecular formula is C24H24N8O2S. The van der Waals surface area contributed by atoms with Gasteiger partial charge in [-0.3, -0.25) is 24.2 Å². The van der Waals surface area contributed by atoms with Crippen LogP contribution >= 0.6 is 11.3 Å².